The van der Waals surface area contributed by atoms with Gasteiger partial charge in [-0.2, -0.15) is 0 Å². The number of carbonyl (C=O) groups is 1. The zero-order chi connectivity index (χ0) is 20.4. The summed E-state index contributed by atoms with van der Waals surface area (Å²) in [5, 5.41) is 6.79. The number of nitrogens with one attached hydrogen (secondary N) is 3. The van der Waals surface area contributed by atoms with Crippen LogP contribution < -0.4 is 16.2 Å². The van der Waals surface area contributed by atoms with Crippen molar-refractivity contribution >= 4 is 38.8 Å². The fourth-order valence-corrected chi connectivity index (χ4v) is 3.87. The van der Waals surface area contributed by atoms with Crippen LogP contribution in [0.4, 0.5) is 11.4 Å². The van der Waals surface area contributed by atoms with E-state index in [4.69, 9.17) is 4.74 Å². The molecule has 3 rings (SSSR count). The molecule has 3 aromatic rings. The molecule has 0 aliphatic carbocycles. The number of H-pyrrole nitrogens is 1. The zero-order valence-corrected chi connectivity index (χ0v) is 17.4. The summed E-state index contributed by atoms with van der Waals surface area (Å²) in [6, 6.07) is 7.14. The van der Waals surface area contributed by atoms with Crippen molar-refractivity contribution in [1.29, 1.82) is 0 Å². The van der Waals surface area contributed by atoms with Crippen LogP contribution in [0.5, 0.6) is 0 Å². The highest BCUT2D eigenvalue weighted by molar-refractivity contribution is 7.18. The van der Waals surface area contributed by atoms with Crippen molar-refractivity contribution in [3.05, 3.63) is 50.9 Å². The topological polar surface area (TPSA) is 96.1 Å². The van der Waals surface area contributed by atoms with Gasteiger partial charge in [0.2, 0.25) is 0 Å². The van der Waals surface area contributed by atoms with Crippen LogP contribution in [0.2, 0.25) is 0 Å². The number of fused-ring (bicyclic) bond motifs is 1. The van der Waals surface area contributed by atoms with E-state index in [2.05, 4.69) is 20.6 Å². The van der Waals surface area contributed by atoms with Crippen LogP contribution in [0, 0.1) is 13.8 Å². The van der Waals surface area contributed by atoms with Crippen molar-refractivity contribution in [2.75, 3.05) is 17.7 Å². The predicted molar refractivity (Wildman–Crippen MR) is 113 cm³/mol. The molecule has 0 fully saturated rings. The van der Waals surface area contributed by atoms with Gasteiger partial charge < -0.3 is 20.4 Å². The number of ether oxygens (including phenoxy) is 1. The quantitative estimate of drug-likeness (QED) is 0.586. The molecular weight excluding hydrogens is 376 g/mol. The van der Waals surface area contributed by atoms with Gasteiger partial charge in [-0.3, -0.25) is 9.59 Å². The number of amides is 1. The molecule has 0 bridgehead atoms. The summed E-state index contributed by atoms with van der Waals surface area (Å²) in [7, 11) is 1.49. The lowest BCUT2D eigenvalue weighted by atomic mass is 10.2. The molecule has 8 heteroatoms. The van der Waals surface area contributed by atoms with Gasteiger partial charge in [0, 0.05) is 23.4 Å². The fourth-order valence-electron chi connectivity index (χ4n) is 2.83. The molecule has 28 heavy (non-hydrogen) atoms. The minimum Gasteiger partial charge on any atom is -0.375 e. The average molecular weight is 401 g/mol. The van der Waals surface area contributed by atoms with Crippen LogP contribution in [0.25, 0.3) is 10.2 Å². The summed E-state index contributed by atoms with van der Waals surface area (Å²) in [5.74, 6) is 0.355. The van der Waals surface area contributed by atoms with E-state index in [1.165, 1.54) is 18.4 Å². The number of aromatic nitrogens is 2. The lowest BCUT2D eigenvalue weighted by Gasteiger charge is -2.16. The molecule has 0 saturated carbocycles. The number of aromatic amines is 1. The first kappa shape index (κ1) is 20.0. The zero-order valence-electron chi connectivity index (χ0n) is 16.5. The van der Waals surface area contributed by atoms with Crippen LogP contribution in [-0.4, -0.2) is 29.1 Å². The van der Waals surface area contributed by atoms with E-state index in [9.17, 15) is 9.59 Å². The van der Waals surface area contributed by atoms with Crippen molar-refractivity contribution in [2.45, 2.75) is 39.8 Å². The first-order valence-electron chi connectivity index (χ1n) is 9.00. The number of benzene rings is 1. The van der Waals surface area contributed by atoms with E-state index in [0.717, 1.165) is 21.0 Å². The molecule has 0 aliphatic rings. The molecule has 1 amide bonds. The Bertz CT molecular complexity index is 1070. The van der Waals surface area contributed by atoms with Crippen LogP contribution >= 0.6 is 11.3 Å². The Hall–Kier alpha value is -2.71. The van der Waals surface area contributed by atoms with E-state index in [-0.39, 0.29) is 17.5 Å². The number of nitrogens with zero attached hydrogens (tertiary/aromatic N) is 1. The van der Waals surface area contributed by atoms with Gasteiger partial charge in [0.05, 0.1) is 11.4 Å². The number of anilines is 2. The Morgan fingerprint density at radius 2 is 1.96 bits per heavy atom. The SMILES string of the molecule is COC(C)C(=O)Nc1cccc(NC(C)c2nc3sc(C)c(C)c3c(=O)[nH]2)c1. The van der Waals surface area contributed by atoms with Crippen LogP contribution in [0.15, 0.2) is 29.1 Å². The van der Waals surface area contributed by atoms with E-state index < -0.39 is 6.10 Å². The second-order valence-corrected chi connectivity index (χ2v) is 7.93. The van der Waals surface area contributed by atoms with Gasteiger partial charge >= 0.3 is 0 Å². The van der Waals surface area contributed by atoms with Crippen LogP contribution in [0.3, 0.4) is 0 Å². The number of thiophene rings is 1. The molecule has 3 N–H and O–H groups in total. The molecule has 2 atom stereocenters. The average Bonchev–Trinajstić information content (AvgIpc) is 2.95. The Labute approximate surface area is 167 Å². The van der Waals surface area contributed by atoms with Gasteiger partial charge in [-0.05, 0) is 51.5 Å². The highest BCUT2D eigenvalue weighted by atomic mass is 32.1. The first-order chi connectivity index (χ1) is 13.3. The van der Waals surface area contributed by atoms with Gasteiger partial charge in [0.1, 0.15) is 16.8 Å². The maximum atomic E-state index is 12.5. The normalized spacial score (nSPS) is 13.3. The molecule has 0 spiro atoms. The van der Waals surface area contributed by atoms with E-state index in [0.29, 0.717) is 16.9 Å². The standard InChI is InChI=1S/C20H24N4O3S/c1-10-13(4)28-20-16(10)19(26)23-17(24-20)11(2)21-14-7-6-8-15(9-14)22-18(25)12(3)27-5/h6-9,11-12,21H,1-5H3,(H,22,25)(H,23,24,26). The molecular formula is C20H24N4O3S. The largest absolute Gasteiger partial charge is 0.375 e. The lowest BCUT2D eigenvalue weighted by molar-refractivity contribution is -0.124. The van der Waals surface area contributed by atoms with Gasteiger partial charge in [-0.1, -0.05) is 6.07 Å². The molecule has 7 nitrogen and oxygen atoms in total. The minimum atomic E-state index is -0.533. The molecule has 0 saturated heterocycles. The van der Waals surface area contributed by atoms with Crippen LogP contribution in [-0.2, 0) is 9.53 Å². The maximum Gasteiger partial charge on any atom is 0.259 e. The van der Waals surface area contributed by atoms with Gasteiger partial charge in [-0.25, -0.2) is 4.98 Å². The molecule has 148 valence electrons. The monoisotopic (exact) mass is 400 g/mol. The maximum absolute atomic E-state index is 12.5. The number of aryl methyl sites for hydroxylation is 2. The number of hydrogen-bond donors (Lipinski definition) is 3. The van der Waals surface area contributed by atoms with Crippen molar-refractivity contribution < 1.29 is 9.53 Å². The Morgan fingerprint density at radius 1 is 1.25 bits per heavy atom. The van der Waals surface area contributed by atoms with Crippen molar-refractivity contribution in [2.24, 2.45) is 0 Å². The molecule has 0 aliphatic heterocycles. The van der Waals surface area contributed by atoms with E-state index in [1.807, 2.05) is 39.0 Å². The summed E-state index contributed by atoms with van der Waals surface area (Å²) < 4.78 is 5.02. The Morgan fingerprint density at radius 3 is 2.68 bits per heavy atom. The van der Waals surface area contributed by atoms with Crippen molar-refractivity contribution in [3.63, 3.8) is 0 Å². The Kier molecular flexibility index (Phi) is 5.81. The summed E-state index contributed by atoms with van der Waals surface area (Å²) in [6.45, 7) is 7.55. The molecule has 0 radical (unpaired) electrons. The fraction of sp³-hybridized carbons (Fsp3) is 0.350. The predicted octanol–water partition coefficient (Wildman–Crippen LogP) is 3.75. The Balaban J connectivity index is 1.80. The molecule has 2 heterocycles. The third-order valence-electron chi connectivity index (χ3n) is 4.70. The summed E-state index contributed by atoms with van der Waals surface area (Å²) in [4.78, 5) is 33.8. The highest BCUT2D eigenvalue weighted by Crippen LogP contribution is 2.27. The summed E-state index contributed by atoms with van der Waals surface area (Å²) in [5.41, 5.74) is 2.32. The minimum absolute atomic E-state index is 0.120. The molecule has 2 aromatic heterocycles. The lowest BCUT2D eigenvalue weighted by Crippen LogP contribution is -2.26. The molecule has 2 unspecified atom stereocenters. The number of carbonyl (C=O) groups excluding carboxylic acids is 1. The van der Waals surface area contributed by atoms with Gasteiger partial charge in [0.25, 0.3) is 11.5 Å². The second-order valence-electron chi connectivity index (χ2n) is 6.73. The van der Waals surface area contributed by atoms with Crippen molar-refractivity contribution in [1.82, 2.24) is 9.97 Å². The second kappa shape index (κ2) is 8.12. The summed E-state index contributed by atoms with van der Waals surface area (Å²) in [6.07, 6.45) is -0.533. The van der Waals surface area contributed by atoms with E-state index >= 15 is 0 Å². The number of rotatable bonds is 6. The van der Waals surface area contributed by atoms with E-state index in [1.54, 1.807) is 13.0 Å². The van der Waals surface area contributed by atoms with Gasteiger partial charge in [-0.15, -0.1) is 11.3 Å². The highest BCUT2D eigenvalue weighted by Gasteiger charge is 2.16. The third-order valence-corrected chi connectivity index (χ3v) is 5.80. The van der Waals surface area contributed by atoms with Gasteiger partial charge in [0.15, 0.2) is 0 Å². The summed E-state index contributed by atoms with van der Waals surface area (Å²) >= 11 is 1.53. The smallest absolute Gasteiger partial charge is 0.259 e. The van der Waals surface area contributed by atoms with Crippen molar-refractivity contribution in [3.8, 4) is 0 Å². The van der Waals surface area contributed by atoms with Crippen LogP contribution in [0.1, 0.15) is 36.2 Å². The number of hydrogen-bond acceptors (Lipinski definition) is 6. The first-order valence-corrected chi connectivity index (χ1v) is 9.82. The number of methoxy groups -OCH3 is 1. The molecule has 1 aromatic carbocycles. The third kappa shape index (κ3) is 4.07.